The number of aromatic nitrogens is 2. The Morgan fingerprint density at radius 3 is 2.29 bits per heavy atom. The summed E-state index contributed by atoms with van der Waals surface area (Å²) in [6.07, 6.45) is 8.99. The van der Waals surface area contributed by atoms with E-state index in [9.17, 15) is 22.8 Å². The molecule has 4 aliphatic heterocycles. The summed E-state index contributed by atoms with van der Waals surface area (Å²) in [4.78, 5) is 46.8. The minimum Gasteiger partial charge on any atom is -0.341 e. The molecule has 3 aromatic rings. The molecular weight excluding hydrogens is 669 g/mol. The summed E-state index contributed by atoms with van der Waals surface area (Å²) in [7, 11) is -3.17. The van der Waals surface area contributed by atoms with E-state index in [1.807, 2.05) is 47.1 Å². The molecule has 7 rings (SSSR count). The van der Waals surface area contributed by atoms with Gasteiger partial charge >= 0.3 is 12.1 Å². The van der Waals surface area contributed by atoms with Gasteiger partial charge in [-0.25, -0.2) is 22.3 Å². The summed E-state index contributed by atoms with van der Waals surface area (Å²) in [6.45, 7) is 6.01. The number of para-hydroxylation sites is 1. The minimum atomic E-state index is -3.17. The van der Waals surface area contributed by atoms with Gasteiger partial charge in [-0.3, -0.25) is 9.89 Å². The van der Waals surface area contributed by atoms with Gasteiger partial charge in [-0.1, -0.05) is 24.3 Å². The first-order valence-electron chi connectivity index (χ1n) is 18.4. The van der Waals surface area contributed by atoms with Crippen molar-refractivity contribution in [1.29, 1.82) is 0 Å². The molecule has 3 N–H and O–H groups in total. The predicted octanol–water partition coefficient (Wildman–Crippen LogP) is 3.96. The number of aryl methyl sites for hydroxylation is 1. The van der Waals surface area contributed by atoms with Crippen molar-refractivity contribution in [3.8, 4) is 0 Å². The predicted molar refractivity (Wildman–Crippen MR) is 196 cm³/mol. The van der Waals surface area contributed by atoms with Crippen LogP contribution in [0, 0.1) is 18.8 Å². The molecular formula is C37H50N8O5S. The Hall–Kier alpha value is -4.17. The van der Waals surface area contributed by atoms with E-state index < -0.39 is 16.1 Å². The first kappa shape index (κ1) is 35.2. The van der Waals surface area contributed by atoms with Gasteiger partial charge in [-0.05, 0) is 92.5 Å². The van der Waals surface area contributed by atoms with Crippen molar-refractivity contribution in [2.45, 2.75) is 70.4 Å². The number of sulfonamides is 1. The maximum atomic E-state index is 14.2. The van der Waals surface area contributed by atoms with E-state index >= 15 is 0 Å². The molecule has 1 unspecified atom stereocenters. The van der Waals surface area contributed by atoms with Gasteiger partial charge in [-0.15, -0.1) is 0 Å². The summed E-state index contributed by atoms with van der Waals surface area (Å²) in [6, 6.07) is 10.9. The van der Waals surface area contributed by atoms with Crippen LogP contribution in [0.1, 0.15) is 55.2 Å². The Morgan fingerprint density at radius 1 is 0.922 bits per heavy atom. The van der Waals surface area contributed by atoms with Gasteiger partial charge in [0.05, 0.1) is 18.0 Å². The molecule has 14 heteroatoms. The molecule has 3 fully saturated rings. The Morgan fingerprint density at radius 2 is 1.59 bits per heavy atom. The standard InChI is InChI=1S/C37H50N8O5S/c1-25-21-26(22-30-24-38-41-34(25)30)23-33(35(46)42-14-7-27(8-15-42)28-9-18-44(19-10-28)51(2,49)50)40-36(47)43-16-12-31(13-17-43)45-20-11-29-5-3-4-6-32(29)39-37(45)48/h3-6,21-22,24,27-28,31,33H,7-20,23H2,1-2H3,(H,38,41)(H,39,48)(H,40,47). The molecule has 1 atom stereocenters. The molecule has 3 saturated heterocycles. The SMILES string of the molecule is Cc1cc(CC(NC(=O)N2CCC(N3CCc4ccccc4NC3=O)CC2)C(=O)N2CCC(C3CCN(S(C)(=O)=O)CC3)CC2)cc2cn[nH]c12. The molecule has 0 saturated carbocycles. The molecule has 13 nitrogen and oxygen atoms in total. The Balaban J connectivity index is 0.985. The zero-order valence-electron chi connectivity index (χ0n) is 29.6. The number of nitrogens with one attached hydrogen (secondary N) is 3. The second-order valence-corrected chi connectivity index (χ2v) is 16.8. The van der Waals surface area contributed by atoms with E-state index in [0.717, 1.165) is 65.4 Å². The van der Waals surface area contributed by atoms with Crippen LogP contribution in [0.15, 0.2) is 42.6 Å². The van der Waals surface area contributed by atoms with Crippen molar-refractivity contribution in [2.75, 3.05) is 57.4 Å². The van der Waals surface area contributed by atoms with Gasteiger partial charge in [0.25, 0.3) is 0 Å². The molecule has 0 radical (unpaired) electrons. The van der Waals surface area contributed by atoms with Crippen molar-refractivity contribution in [2.24, 2.45) is 11.8 Å². The van der Waals surface area contributed by atoms with Gasteiger partial charge in [0.1, 0.15) is 6.04 Å². The summed E-state index contributed by atoms with van der Waals surface area (Å²) in [5.74, 6) is 0.838. The number of amides is 5. The first-order valence-corrected chi connectivity index (χ1v) is 20.3. The van der Waals surface area contributed by atoms with Crippen LogP contribution in [0.2, 0.25) is 0 Å². The lowest BCUT2D eigenvalue weighted by atomic mass is 9.79. The maximum absolute atomic E-state index is 14.2. The van der Waals surface area contributed by atoms with Crippen molar-refractivity contribution < 1.29 is 22.8 Å². The van der Waals surface area contributed by atoms with Crippen LogP contribution in [0.3, 0.4) is 0 Å². The number of benzene rings is 2. The molecule has 274 valence electrons. The van der Waals surface area contributed by atoms with Crippen molar-refractivity contribution in [3.05, 3.63) is 59.3 Å². The number of H-pyrrole nitrogens is 1. The highest BCUT2D eigenvalue weighted by Crippen LogP contribution is 2.33. The largest absolute Gasteiger partial charge is 0.341 e. The van der Waals surface area contributed by atoms with Crippen LogP contribution >= 0.6 is 0 Å². The summed E-state index contributed by atoms with van der Waals surface area (Å²) >= 11 is 0. The fourth-order valence-corrected chi connectivity index (χ4v) is 9.59. The highest BCUT2D eigenvalue weighted by atomic mass is 32.2. The number of hydrogen-bond acceptors (Lipinski definition) is 6. The molecule has 1 aromatic heterocycles. The van der Waals surface area contributed by atoms with Gasteiger partial charge in [0, 0.05) is 69.3 Å². The zero-order valence-corrected chi connectivity index (χ0v) is 30.5. The molecule has 0 bridgehead atoms. The van der Waals surface area contributed by atoms with Crippen LogP contribution < -0.4 is 10.6 Å². The number of carbonyl (C=O) groups is 3. The maximum Gasteiger partial charge on any atom is 0.322 e. The lowest BCUT2D eigenvalue weighted by molar-refractivity contribution is -0.135. The number of rotatable bonds is 7. The lowest BCUT2D eigenvalue weighted by Crippen LogP contribution is -2.57. The number of urea groups is 2. The van der Waals surface area contributed by atoms with E-state index in [1.54, 1.807) is 15.4 Å². The van der Waals surface area contributed by atoms with E-state index in [4.69, 9.17) is 0 Å². The van der Waals surface area contributed by atoms with Crippen LogP contribution in [-0.2, 0) is 27.7 Å². The van der Waals surface area contributed by atoms with E-state index in [2.05, 4.69) is 26.9 Å². The van der Waals surface area contributed by atoms with Gasteiger partial charge in [0.2, 0.25) is 15.9 Å². The topological polar surface area (TPSA) is 151 Å². The summed E-state index contributed by atoms with van der Waals surface area (Å²) in [5.41, 5.74) is 4.93. The molecule has 5 heterocycles. The minimum absolute atomic E-state index is 0.0327. The third-order valence-corrected chi connectivity index (χ3v) is 13.0. The number of aromatic amines is 1. The molecule has 2 aromatic carbocycles. The average molecular weight is 719 g/mol. The molecule has 51 heavy (non-hydrogen) atoms. The van der Waals surface area contributed by atoms with Crippen molar-refractivity contribution >= 4 is 44.6 Å². The quantitative estimate of drug-likeness (QED) is 0.337. The van der Waals surface area contributed by atoms with E-state index in [-0.39, 0.29) is 24.0 Å². The van der Waals surface area contributed by atoms with Gasteiger partial charge in [-0.2, -0.15) is 5.10 Å². The number of nitrogens with zero attached hydrogens (tertiary/aromatic N) is 5. The number of piperidine rings is 3. The third-order valence-electron chi connectivity index (χ3n) is 11.7. The number of carbonyl (C=O) groups excluding carboxylic acids is 3. The number of fused-ring (bicyclic) bond motifs is 2. The van der Waals surface area contributed by atoms with Crippen LogP contribution in [0.4, 0.5) is 15.3 Å². The Labute approximate surface area is 300 Å². The fraction of sp³-hybridized carbons (Fsp3) is 0.568. The highest BCUT2D eigenvalue weighted by molar-refractivity contribution is 7.88. The number of hydrogen-bond donors (Lipinski definition) is 3. The zero-order chi connectivity index (χ0) is 35.7. The highest BCUT2D eigenvalue weighted by Gasteiger charge is 2.36. The third kappa shape index (κ3) is 7.86. The molecule has 4 aliphatic rings. The molecule has 0 aliphatic carbocycles. The smallest absolute Gasteiger partial charge is 0.322 e. The summed E-state index contributed by atoms with van der Waals surface area (Å²) < 4.78 is 25.6. The van der Waals surface area contributed by atoms with Crippen LogP contribution in [0.25, 0.3) is 10.9 Å². The lowest BCUT2D eigenvalue weighted by Gasteiger charge is -2.41. The Bertz CT molecular complexity index is 1860. The van der Waals surface area contributed by atoms with Crippen LogP contribution in [0.5, 0.6) is 0 Å². The fourth-order valence-electron chi connectivity index (χ4n) is 8.72. The van der Waals surface area contributed by atoms with Crippen molar-refractivity contribution in [1.82, 2.24) is 34.5 Å². The summed E-state index contributed by atoms with van der Waals surface area (Å²) in [5, 5.41) is 14.4. The van der Waals surface area contributed by atoms with Crippen LogP contribution in [-0.4, -0.2) is 120 Å². The van der Waals surface area contributed by atoms with E-state index in [0.29, 0.717) is 76.9 Å². The second kappa shape index (κ2) is 14.8. The monoisotopic (exact) mass is 718 g/mol. The molecule has 5 amide bonds. The second-order valence-electron chi connectivity index (χ2n) is 14.9. The normalized spacial score (nSPS) is 20.9. The average Bonchev–Trinajstić information content (AvgIpc) is 3.54. The Kier molecular flexibility index (Phi) is 10.2. The number of anilines is 1. The van der Waals surface area contributed by atoms with E-state index in [1.165, 1.54) is 6.26 Å². The number of likely N-dealkylation sites (tertiary alicyclic amines) is 2. The van der Waals surface area contributed by atoms with Gasteiger partial charge in [0.15, 0.2) is 0 Å². The molecule has 0 spiro atoms. The first-order chi connectivity index (χ1) is 24.5. The van der Waals surface area contributed by atoms with Gasteiger partial charge < -0.3 is 25.3 Å². The van der Waals surface area contributed by atoms with Crippen molar-refractivity contribution in [3.63, 3.8) is 0 Å².